The van der Waals surface area contributed by atoms with Crippen molar-refractivity contribution >= 4 is 12.7 Å². The molecule has 2 rings (SSSR count). The number of benzene rings is 1. The lowest BCUT2D eigenvalue weighted by atomic mass is 10.1. The molecule has 1 aromatic heterocycles. The highest BCUT2D eigenvalue weighted by Gasteiger charge is 1.94. The van der Waals surface area contributed by atoms with Gasteiger partial charge < -0.3 is 9.97 Å². The van der Waals surface area contributed by atoms with Crippen molar-refractivity contribution in [2.45, 2.75) is 6.92 Å². The fourth-order valence-electron chi connectivity index (χ4n) is 1.45. The Balaban J connectivity index is 2.65. The average Bonchev–Trinajstić information content (AvgIpc) is 2.29. The third-order valence-electron chi connectivity index (χ3n) is 2.42. The third kappa shape index (κ3) is 2.42. The lowest BCUT2D eigenvalue weighted by Crippen LogP contribution is -2.46. The fraction of sp³-hybridized carbons (Fsp3) is 0.0769. The summed E-state index contributed by atoms with van der Waals surface area (Å²) in [4.78, 5) is 27.8. The molecule has 2 aromatic rings. The molecule has 0 aliphatic carbocycles. The average molecular weight is 228 g/mol. The van der Waals surface area contributed by atoms with Crippen molar-refractivity contribution in [3.63, 3.8) is 0 Å². The van der Waals surface area contributed by atoms with Crippen molar-refractivity contribution in [3.05, 3.63) is 66.8 Å². The molecule has 4 nitrogen and oxygen atoms in total. The number of aromatic nitrogens is 2. The molecule has 0 atom stereocenters. The molecule has 4 heteroatoms. The van der Waals surface area contributed by atoms with E-state index in [0.29, 0.717) is 0 Å². The standard InChI is InChI=1S/C13H12N2O2/c1-8-3-5-10(6-4-8)7-11-13(17)14-9(2)12(16)15-11/h3-7H,2H2,1H3,(H,14,17)(H,15,16)/b11-7-. The molecule has 0 saturated carbocycles. The molecular weight excluding hydrogens is 216 g/mol. The number of hydrogen-bond donors (Lipinski definition) is 2. The molecular formula is C13H12N2O2. The van der Waals surface area contributed by atoms with E-state index in [1.165, 1.54) is 0 Å². The van der Waals surface area contributed by atoms with Crippen LogP contribution in [0.2, 0.25) is 0 Å². The summed E-state index contributed by atoms with van der Waals surface area (Å²) in [7, 11) is 0. The zero-order valence-electron chi connectivity index (χ0n) is 9.41. The van der Waals surface area contributed by atoms with Crippen LogP contribution in [0.4, 0.5) is 0 Å². The molecule has 0 aliphatic heterocycles. The maximum Gasteiger partial charge on any atom is 0.272 e. The van der Waals surface area contributed by atoms with Crippen LogP contribution < -0.4 is 21.8 Å². The molecule has 0 amide bonds. The minimum absolute atomic E-state index is 0.0658. The molecule has 1 aromatic carbocycles. The first kappa shape index (κ1) is 11.1. The number of H-pyrrole nitrogens is 2. The van der Waals surface area contributed by atoms with E-state index in [4.69, 9.17) is 0 Å². The molecule has 0 spiro atoms. The maximum atomic E-state index is 11.6. The van der Waals surface area contributed by atoms with Crippen molar-refractivity contribution in [2.75, 3.05) is 0 Å². The third-order valence-corrected chi connectivity index (χ3v) is 2.42. The first-order valence-corrected chi connectivity index (χ1v) is 5.16. The summed E-state index contributed by atoms with van der Waals surface area (Å²) < 4.78 is 0. The zero-order valence-corrected chi connectivity index (χ0v) is 9.41. The summed E-state index contributed by atoms with van der Waals surface area (Å²) in [6, 6.07) is 7.64. The summed E-state index contributed by atoms with van der Waals surface area (Å²) in [5.41, 5.74) is 1.25. The van der Waals surface area contributed by atoms with E-state index in [0.717, 1.165) is 11.1 Å². The van der Waals surface area contributed by atoms with Crippen LogP contribution in [-0.2, 0) is 0 Å². The summed E-state index contributed by atoms with van der Waals surface area (Å²) >= 11 is 0. The van der Waals surface area contributed by atoms with Gasteiger partial charge in [-0.15, -0.1) is 0 Å². The zero-order chi connectivity index (χ0) is 12.4. The number of hydrogen-bond acceptors (Lipinski definition) is 2. The highest BCUT2D eigenvalue weighted by Crippen LogP contribution is 2.02. The second kappa shape index (κ2) is 4.25. The smallest absolute Gasteiger partial charge is 0.272 e. The molecule has 2 N–H and O–H groups in total. The van der Waals surface area contributed by atoms with Crippen molar-refractivity contribution in [2.24, 2.45) is 0 Å². The fourth-order valence-corrected chi connectivity index (χ4v) is 1.45. The van der Waals surface area contributed by atoms with Gasteiger partial charge in [0.15, 0.2) is 0 Å². The quantitative estimate of drug-likeness (QED) is 0.698. The molecule has 0 saturated heterocycles. The monoisotopic (exact) mass is 228 g/mol. The summed E-state index contributed by atoms with van der Waals surface area (Å²) in [5.74, 6) is 0. The van der Waals surface area contributed by atoms with Crippen LogP contribution >= 0.6 is 0 Å². The second-order valence-corrected chi connectivity index (χ2v) is 3.86. The van der Waals surface area contributed by atoms with Gasteiger partial charge in [-0.25, -0.2) is 0 Å². The molecule has 0 fully saturated rings. The van der Waals surface area contributed by atoms with Crippen LogP contribution in [0.25, 0.3) is 12.7 Å². The van der Waals surface area contributed by atoms with E-state index in [-0.39, 0.29) is 21.8 Å². The van der Waals surface area contributed by atoms with E-state index >= 15 is 0 Å². The van der Waals surface area contributed by atoms with Gasteiger partial charge in [0.2, 0.25) is 0 Å². The Labute approximate surface area is 97.0 Å². The number of rotatable bonds is 1. The Morgan fingerprint density at radius 2 is 1.71 bits per heavy atom. The predicted molar refractivity (Wildman–Crippen MR) is 67.2 cm³/mol. The van der Waals surface area contributed by atoms with Gasteiger partial charge in [-0.05, 0) is 18.6 Å². The second-order valence-electron chi connectivity index (χ2n) is 3.86. The number of nitrogens with one attached hydrogen (secondary N) is 2. The van der Waals surface area contributed by atoms with E-state index in [2.05, 4.69) is 16.5 Å². The summed E-state index contributed by atoms with van der Waals surface area (Å²) in [6.07, 6.45) is 1.62. The predicted octanol–water partition coefficient (Wildman–Crippen LogP) is -0.389. The number of aromatic amines is 2. The van der Waals surface area contributed by atoms with Crippen LogP contribution in [0.1, 0.15) is 11.1 Å². The van der Waals surface area contributed by atoms with E-state index < -0.39 is 0 Å². The van der Waals surface area contributed by atoms with Gasteiger partial charge in [0, 0.05) is 0 Å². The van der Waals surface area contributed by atoms with Gasteiger partial charge in [0.1, 0.15) is 5.35 Å². The van der Waals surface area contributed by atoms with Crippen LogP contribution in [-0.4, -0.2) is 9.97 Å². The summed E-state index contributed by atoms with van der Waals surface area (Å²) in [5, 5.41) is 0.294. The van der Waals surface area contributed by atoms with Crippen LogP contribution in [0.15, 0.2) is 33.9 Å². The highest BCUT2D eigenvalue weighted by molar-refractivity contribution is 5.48. The molecule has 0 unspecified atom stereocenters. The van der Waals surface area contributed by atoms with Crippen LogP contribution in [0.3, 0.4) is 0 Å². The minimum atomic E-state index is -0.386. The Hall–Kier alpha value is -2.36. The maximum absolute atomic E-state index is 11.6. The first-order valence-electron chi connectivity index (χ1n) is 5.16. The van der Waals surface area contributed by atoms with Crippen LogP contribution in [0.5, 0.6) is 0 Å². The van der Waals surface area contributed by atoms with Gasteiger partial charge in [-0.2, -0.15) is 0 Å². The van der Waals surface area contributed by atoms with Crippen molar-refractivity contribution < 1.29 is 0 Å². The van der Waals surface area contributed by atoms with Crippen molar-refractivity contribution in [1.29, 1.82) is 0 Å². The van der Waals surface area contributed by atoms with E-state index in [9.17, 15) is 9.59 Å². The van der Waals surface area contributed by atoms with Gasteiger partial charge >= 0.3 is 0 Å². The first-order chi connectivity index (χ1) is 8.06. The van der Waals surface area contributed by atoms with Gasteiger partial charge in [-0.1, -0.05) is 36.4 Å². The minimum Gasteiger partial charge on any atom is -0.317 e. The normalized spacial score (nSPS) is 11.7. The van der Waals surface area contributed by atoms with Gasteiger partial charge in [0.05, 0.1) is 5.35 Å². The Morgan fingerprint density at radius 3 is 2.35 bits per heavy atom. The SMILES string of the molecule is C=c1[nH]c(=O)/c(=C/c2ccc(C)cc2)[nH]c1=O. The molecule has 0 radical (unpaired) electrons. The molecule has 0 aliphatic rings. The Bertz CT molecular complexity index is 752. The molecule has 1 heterocycles. The van der Waals surface area contributed by atoms with Crippen molar-refractivity contribution in [1.82, 2.24) is 9.97 Å². The molecule has 17 heavy (non-hydrogen) atoms. The molecule has 86 valence electrons. The Morgan fingerprint density at radius 1 is 1.06 bits per heavy atom. The van der Waals surface area contributed by atoms with Crippen LogP contribution in [0, 0.1) is 6.92 Å². The largest absolute Gasteiger partial charge is 0.317 e. The Kier molecular flexibility index (Phi) is 2.78. The highest BCUT2D eigenvalue weighted by atomic mass is 16.1. The van der Waals surface area contributed by atoms with Gasteiger partial charge in [0.25, 0.3) is 11.1 Å². The topological polar surface area (TPSA) is 65.7 Å². The van der Waals surface area contributed by atoms with E-state index in [1.54, 1.807) is 6.08 Å². The molecule has 0 bridgehead atoms. The lowest BCUT2D eigenvalue weighted by Gasteiger charge is -1.94. The summed E-state index contributed by atoms with van der Waals surface area (Å²) in [6.45, 7) is 5.41. The van der Waals surface area contributed by atoms with E-state index in [1.807, 2.05) is 31.2 Å². The van der Waals surface area contributed by atoms with Gasteiger partial charge in [-0.3, -0.25) is 9.59 Å². The number of aryl methyl sites for hydroxylation is 1. The lowest BCUT2D eigenvalue weighted by molar-refractivity contribution is 1.01. The van der Waals surface area contributed by atoms with Crippen molar-refractivity contribution in [3.8, 4) is 0 Å².